The van der Waals surface area contributed by atoms with Gasteiger partial charge in [-0.05, 0) is 22.3 Å². The first-order valence-electron chi connectivity index (χ1n) is 19.7. The highest BCUT2D eigenvalue weighted by Gasteiger charge is 2.30. The van der Waals surface area contributed by atoms with Gasteiger partial charge in [-0.15, -0.1) is 0 Å². The number of amides is 2. The van der Waals surface area contributed by atoms with Crippen molar-refractivity contribution in [2.24, 2.45) is 14.1 Å². The van der Waals surface area contributed by atoms with E-state index in [0.29, 0.717) is 23.8 Å². The molecule has 4 N–H and O–H groups in total. The van der Waals surface area contributed by atoms with Crippen LogP contribution in [0.15, 0.2) is 165 Å². The quantitative estimate of drug-likeness (QED) is 0.100. The minimum absolute atomic E-state index is 0.0981. The van der Waals surface area contributed by atoms with Crippen molar-refractivity contribution in [1.29, 1.82) is 0 Å². The molecule has 4 aromatic heterocycles. The number of nitrogens with one attached hydrogen (secondary N) is 2. The van der Waals surface area contributed by atoms with Gasteiger partial charge >= 0.3 is 0 Å². The lowest BCUT2D eigenvalue weighted by molar-refractivity contribution is 0.101. The Hall–Kier alpha value is -8.40. The topological polar surface area (TPSA) is 221 Å². The fourth-order valence-corrected chi connectivity index (χ4v) is 7.28. The summed E-state index contributed by atoms with van der Waals surface area (Å²) in [5, 5.41) is 32.7. The number of hydrogen-bond donors (Lipinski definition) is 4. The largest absolute Gasteiger partial charge is 0.501 e. The van der Waals surface area contributed by atoms with Crippen LogP contribution in [0, 0.1) is 0 Å². The zero-order chi connectivity index (χ0) is 44.5. The first-order valence-corrected chi connectivity index (χ1v) is 19.7. The second-order valence-corrected chi connectivity index (χ2v) is 14.5. The van der Waals surface area contributed by atoms with Gasteiger partial charge in [-0.1, -0.05) is 139 Å². The molecule has 63 heavy (non-hydrogen) atoms. The van der Waals surface area contributed by atoms with Crippen LogP contribution in [0.2, 0.25) is 0 Å². The maximum Gasteiger partial charge on any atom is 0.296 e. The smallest absolute Gasteiger partial charge is 0.296 e. The van der Waals surface area contributed by atoms with Crippen molar-refractivity contribution < 1.29 is 28.8 Å². The molecule has 1 atom stereocenters. The molecular weight excluding hydrogens is 805 g/mol. The highest BCUT2D eigenvalue weighted by Crippen LogP contribution is 2.37. The molecule has 4 heterocycles. The lowest BCUT2D eigenvalue weighted by Crippen LogP contribution is -2.29. The number of carbonyl (C=O) groups excluding carboxylic acids is 2. The summed E-state index contributed by atoms with van der Waals surface area (Å²) in [5.41, 5.74) is 2.68. The highest BCUT2D eigenvalue weighted by atomic mass is 16.5. The molecule has 0 fully saturated rings. The third-order valence-corrected chi connectivity index (χ3v) is 10.5. The number of carbonyl (C=O) groups is 2. The Morgan fingerprint density at radius 1 is 0.603 bits per heavy atom. The van der Waals surface area contributed by atoms with E-state index in [1.165, 1.54) is 48.1 Å². The number of aromatic hydroxyl groups is 2. The molecular formula is C47H42N8O8. The molecule has 0 saturated heterocycles. The molecule has 8 rings (SSSR count). The average Bonchev–Trinajstić information content (AvgIpc) is 4.04. The Labute approximate surface area is 360 Å². The lowest BCUT2D eigenvalue weighted by Gasteiger charge is -2.26. The van der Waals surface area contributed by atoms with E-state index in [0.717, 1.165) is 22.3 Å². The molecule has 1 unspecified atom stereocenters. The van der Waals surface area contributed by atoms with Crippen molar-refractivity contribution in [3.8, 4) is 11.5 Å². The Morgan fingerprint density at radius 2 is 1.00 bits per heavy atom. The first-order chi connectivity index (χ1) is 30.5. The van der Waals surface area contributed by atoms with Crippen LogP contribution in [0.1, 0.15) is 79.6 Å². The third kappa shape index (κ3) is 9.65. The van der Waals surface area contributed by atoms with Gasteiger partial charge in [0.15, 0.2) is 11.4 Å². The number of benzene rings is 4. The minimum atomic E-state index is -0.729. The molecule has 0 aliphatic heterocycles. The monoisotopic (exact) mass is 846 g/mol. The SMILES string of the molecule is CC(c1nc(C(=O)Nc2cnoc2)c(O)c(=O)n1C)C(c1ccccc1)c1ccccc1.Cn1c(CC(c2ccccc2)c2ccccc2)nc(C(=O)Nc2cnoc2)c(O)c1=O. The van der Waals surface area contributed by atoms with Gasteiger partial charge in [0, 0.05) is 38.3 Å². The molecule has 0 radical (unpaired) electrons. The summed E-state index contributed by atoms with van der Waals surface area (Å²) in [6, 6.07) is 39.5. The standard InChI is InChI=1S/C24H22N4O4.C23H20N4O4/c1-15(19(16-9-5-3-6-10-16)17-11-7-4-8-12-17)22-27-20(21(29)24(31)28(22)2)23(30)26-18-13-25-32-14-18;1-27-19(12-18(15-8-4-2-5-9-15)16-10-6-3-7-11-16)26-20(21(28)23(27)30)22(29)25-17-13-24-31-14-17/h3-15,19,29H,1-2H3,(H,26,30);2-11,13-14,18,28H,12H2,1H3,(H,25,29). The van der Waals surface area contributed by atoms with Crippen LogP contribution in [0.3, 0.4) is 0 Å². The van der Waals surface area contributed by atoms with Crippen LogP contribution in [-0.4, -0.2) is 51.4 Å². The second-order valence-electron chi connectivity index (χ2n) is 14.5. The Bertz CT molecular complexity index is 2830. The van der Waals surface area contributed by atoms with Gasteiger partial charge in [0.2, 0.25) is 11.5 Å². The minimum Gasteiger partial charge on any atom is -0.501 e. The molecule has 0 bridgehead atoms. The van der Waals surface area contributed by atoms with Crippen LogP contribution < -0.4 is 21.8 Å². The van der Waals surface area contributed by atoms with Crippen molar-refractivity contribution in [3.63, 3.8) is 0 Å². The Balaban J connectivity index is 0.000000189. The maximum atomic E-state index is 12.8. The Kier molecular flexibility index (Phi) is 13.1. The normalized spacial score (nSPS) is 11.4. The predicted octanol–water partition coefficient (Wildman–Crippen LogP) is 6.76. The molecule has 16 heteroatoms. The second kappa shape index (κ2) is 19.3. The highest BCUT2D eigenvalue weighted by molar-refractivity contribution is 6.05. The number of hydrogen-bond acceptors (Lipinski definition) is 12. The van der Waals surface area contributed by atoms with Gasteiger partial charge in [0.05, 0.1) is 12.4 Å². The third-order valence-electron chi connectivity index (χ3n) is 10.5. The van der Waals surface area contributed by atoms with Crippen LogP contribution >= 0.6 is 0 Å². The van der Waals surface area contributed by atoms with Crippen molar-refractivity contribution in [2.45, 2.75) is 31.1 Å². The molecule has 0 aliphatic rings. The van der Waals surface area contributed by atoms with Crippen molar-refractivity contribution in [3.05, 3.63) is 212 Å². The molecule has 8 aromatic rings. The lowest BCUT2D eigenvalue weighted by atomic mass is 9.81. The maximum absolute atomic E-state index is 12.8. The van der Waals surface area contributed by atoms with Gasteiger partial charge in [-0.3, -0.25) is 28.3 Å². The fourth-order valence-electron chi connectivity index (χ4n) is 7.28. The van der Waals surface area contributed by atoms with Crippen molar-refractivity contribution >= 4 is 23.2 Å². The van der Waals surface area contributed by atoms with Crippen molar-refractivity contribution in [2.75, 3.05) is 10.6 Å². The Morgan fingerprint density at radius 3 is 1.41 bits per heavy atom. The summed E-state index contributed by atoms with van der Waals surface area (Å²) in [6.07, 6.45) is 5.43. The van der Waals surface area contributed by atoms with Crippen LogP contribution in [0.4, 0.5) is 11.4 Å². The van der Waals surface area contributed by atoms with Gasteiger partial charge < -0.3 is 29.9 Å². The average molecular weight is 847 g/mol. The first kappa shape index (κ1) is 42.7. The zero-order valence-corrected chi connectivity index (χ0v) is 34.3. The predicted molar refractivity (Wildman–Crippen MR) is 233 cm³/mol. The van der Waals surface area contributed by atoms with E-state index >= 15 is 0 Å². The van der Waals surface area contributed by atoms with Crippen LogP contribution in [-0.2, 0) is 20.5 Å². The molecule has 16 nitrogen and oxygen atoms in total. The van der Waals surface area contributed by atoms with Gasteiger partial charge in [0.25, 0.3) is 22.9 Å². The fraction of sp³-hybridized carbons (Fsp3) is 0.149. The van der Waals surface area contributed by atoms with E-state index in [9.17, 15) is 29.4 Å². The van der Waals surface area contributed by atoms with Gasteiger partial charge in [-0.25, -0.2) is 9.97 Å². The number of nitrogens with zero attached hydrogens (tertiary/aromatic N) is 6. The molecule has 0 saturated carbocycles. The van der Waals surface area contributed by atoms with E-state index in [2.05, 4.69) is 35.4 Å². The van der Waals surface area contributed by atoms with E-state index in [1.807, 2.05) is 128 Å². The summed E-state index contributed by atoms with van der Waals surface area (Å²) in [6.45, 7) is 1.95. The van der Waals surface area contributed by atoms with Gasteiger partial charge in [0.1, 0.15) is 35.5 Å². The van der Waals surface area contributed by atoms with Crippen molar-refractivity contribution in [1.82, 2.24) is 29.4 Å². The van der Waals surface area contributed by atoms with E-state index in [-0.39, 0.29) is 34.8 Å². The molecule has 2 amide bonds. The number of anilines is 2. The summed E-state index contributed by atoms with van der Waals surface area (Å²) < 4.78 is 11.9. The molecule has 0 aliphatic carbocycles. The van der Waals surface area contributed by atoms with Crippen LogP contribution in [0.5, 0.6) is 11.5 Å². The van der Waals surface area contributed by atoms with E-state index in [1.54, 1.807) is 0 Å². The van der Waals surface area contributed by atoms with E-state index < -0.39 is 34.4 Å². The molecule has 0 spiro atoms. The zero-order valence-electron chi connectivity index (χ0n) is 34.3. The van der Waals surface area contributed by atoms with Gasteiger partial charge in [-0.2, -0.15) is 0 Å². The van der Waals surface area contributed by atoms with E-state index in [4.69, 9.17) is 4.52 Å². The summed E-state index contributed by atoms with van der Waals surface area (Å²) in [7, 11) is 3.06. The number of rotatable bonds is 12. The summed E-state index contributed by atoms with van der Waals surface area (Å²) >= 11 is 0. The van der Waals surface area contributed by atoms with Crippen LogP contribution in [0.25, 0.3) is 0 Å². The summed E-state index contributed by atoms with van der Waals surface area (Å²) in [4.78, 5) is 59.6. The number of aromatic nitrogens is 6. The molecule has 4 aromatic carbocycles. The summed E-state index contributed by atoms with van der Waals surface area (Å²) in [5.74, 6) is -2.65. The molecule has 318 valence electrons.